The quantitative estimate of drug-likeness (QED) is 0.872. The molecule has 0 saturated carbocycles. The van der Waals surface area contributed by atoms with Gasteiger partial charge in [-0.25, -0.2) is 12.7 Å². The molecule has 2 N–H and O–H groups in total. The van der Waals surface area contributed by atoms with Crippen LogP contribution in [0, 0.1) is 0 Å². The monoisotopic (exact) mass is 283 g/mol. The Morgan fingerprint density at radius 3 is 2.42 bits per heavy atom. The van der Waals surface area contributed by atoms with E-state index in [9.17, 15) is 8.42 Å². The molecule has 2 rings (SSSR count). The zero-order valence-electron chi connectivity index (χ0n) is 11.4. The number of sulfonamides is 1. The fourth-order valence-electron chi connectivity index (χ4n) is 2.24. The van der Waals surface area contributed by atoms with Crippen LogP contribution in [0.2, 0.25) is 0 Å². The van der Waals surface area contributed by atoms with Gasteiger partial charge in [-0.05, 0) is 24.1 Å². The van der Waals surface area contributed by atoms with Crippen LogP contribution in [-0.4, -0.2) is 50.8 Å². The molecule has 1 atom stereocenters. The van der Waals surface area contributed by atoms with Crippen molar-refractivity contribution in [2.24, 2.45) is 5.73 Å². The number of benzene rings is 1. The Labute approximate surface area is 115 Å². The lowest BCUT2D eigenvalue weighted by atomic mass is 10.2. The number of likely N-dealkylation sites (tertiary alicyclic amines) is 1. The van der Waals surface area contributed by atoms with Crippen molar-refractivity contribution in [1.29, 1.82) is 0 Å². The van der Waals surface area contributed by atoms with Crippen molar-refractivity contribution in [3.63, 3.8) is 0 Å². The van der Waals surface area contributed by atoms with Gasteiger partial charge in [0.2, 0.25) is 10.0 Å². The molecule has 0 amide bonds. The van der Waals surface area contributed by atoms with Gasteiger partial charge in [-0.15, -0.1) is 0 Å². The van der Waals surface area contributed by atoms with Crippen molar-refractivity contribution >= 4 is 10.0 Å². The predicted octanol–water partition coefficient (Wildman–Crippen LogP) is 0.470. The van der Waals surface area contributed by atoms with Gasteiger partial charge < -0.3 is 5.73 Å². The van der Waals surface area contributed by atoms with Crippen molar-refractivity contribution in [2.45, 2.75) is 23.9 Å². The van der Waals surface area contributed by atoms with E-state index < -0.39 is 10.0 Å². The second-order valence-corrected chi connectivity index (χ2v) is 7.37. The van der Waals surface area contributed by atoms with E-state index in [1.165, 1.54) is 18.4 Å². The summed E-state index contributed by atoms with van der Waals surface area (Å²) in [6.45, 7) is 2.76. The van der Waals surface area contributed by atoms with E-state index in [0.29, 0.717) is 4.90 Å². The van der Waals surface area contributed by atoms with E-state index in [1.807, 2.05) is 12.1 Å². The van der Waals surface area contributed by atoms with Crippen LogP contribution in [0.15, 0.2) is 29.2 Å². The Morgan fingerprint density at radius 2 is 1.95 bits per heavy atom. The molecule has 1 aliphatic heterocycles. The van der Waals surface area contributed by atoms with Gasteiger partial charge >= 0.3 is 0 Å². The molecule has 1 fully saturated rings. The molecule has 0 unspecified atom stereocenters. The van der Waals surface area contributed by atoms with Crippen LogP contribution in [0.1, 0.15) is 12.0 Å². The van der Waals surface area contributed by atoms with Crippen LogP contribution in [-0.2, 0) is 16.6 Å². The van der Waals surface area contributed by atoms with Gasteiger partial charge in [0.05, 0.1) is 4.90 Å². The SMILES string of the molecule is CN(C)S(=O)(=O)c1ccc(CN2CC[C@@H](N)C2)cc1. The second-order valence-electron chi connectivity index (χ2n) is 5.22. The summed E-state index contributed by atoms with van der Waals surface area (Å²) in [6, 6.07) is 7.36. The Morgan fingerprint density at radius 1 is 1.32 bits per heavy atom. The van der Waals surface area contributed by atoms with E-state index >= 15 is 0 Å². The highest BCUT2D eigenvalue weighted by Gasteiger charge is 2.20. The summed E-state index contributed by atoms with van der Waals surface area (Å²) < 4.78 is 25.1. The third-order valence-electron chi connectivity index (χ3n) is 3.42. The minimum atomic E-state index is -3.33. The maximum atomic E-state index is 11.9. The molecular weight excluding hydrogens is 262 g/mol. The van der Waals surface area contributed by atoms with E-state index in [4.69, 9.17) is 5.73 Å². The highest BCUT2D eigenvalue weighted by molar-refractivity contribution is 7.89. The highest BCUT2D eigenvalue weighted by Crippen LogP contribution is 2.16. The van der Waals surface area contributed by atoms with Gasteiger partial charge in [0.1, 0.15) is 0 Å². The first kappa shape index (κ1) is 14.5. The average molecular weight is 283 g/mol. The van der Waals surface area contributed by atoms with Gasteiger partial charge in [0.15, 0.2) is 0 Å². The van der Waals surface area contributed by atoms with E-state index in [1.54, 1.807) is 12.1 Å². The molecule has 1 saturated heterocycles. The van der Waals surface area contributed by atoms with Crippen LogP contribution in [0.5, 0.6) is 0 Å². The van der Waals surface area contributed by atoms with Gasteiger partial charge in [0, 0.05) is 39.8 Å². The minimum absolute atomic E-state index is 0.272. The van der Waals surface area contributed by atoms with E-state index in [-0.39, 0.29) is 6.04 Å². The number of hydrogen-bond acceptors (Lipinski definition) is 4. The fraction of sp³-hybridized carbons (Fsp3) is 0.538. The van der Waals surface area contributed by atoms with Crippen LogP contribution >= 0.6 is 0 Å². The molecule has 0 bridgehead atoms. The van der Waals surface area contributed by atoms with Crippen molar-refractivity contribution < 1.29 is 8.42 Å². The summed E-state index contributed by atoms with van der Waals surface area (Å²) in [5.41, 5.74) is 6.98. The van der Waals surface area contributed by atoms with Crippen molar-refractivity contribution in [3.05, 3.63) is 29.8 Å². The third-order valence-corrected chi connectivity index (χ3v) is 5.25. The number of hydrogen-bond donors (Lipinski definition) is 1. The molecule has 0 radical (unpaired) electrons. The minimum Gasteiger partial charge on any atom is -0.326 e. The Bertz CT molecular complexity index is 525. The molecule has 1 aromatic rings. The largest absolute Gasteiger partial charge is 0.326 e. The normalized spacial score (nSPS) is 21.2. The van der Waals surface area contributed by atoms with Gasteiger partial charge in [-0.1, -0.05) is 12.1 Å². The standard InChI is InChI=1S/C13H21N3O2S/c1-15(2)19(17,18)13-5-3-11(4-6-13)9-16-8-7-12(14)10-16/h3-6,12H,7-10,14H2,1-2H3/t12-/m1/s1. The summed E-state index contributed by atoms with van der Waals surface area (Å²) in [7, 11) is -0.257. The Balaban J connectivity index is 2.07. The Kier molecular flexibility index (Phi) is 4.25. The number of rotatable bonds is 4. The van der Waals surface area contributed by atoms with E-state index in [0.717, 1.165) is 31.6 Å². The topological polar surface area (TPSA) is 66.6 Å². The van der Waals surface area contributed by atoms with Crippen LogP contribution in [0.3, 0.4) is 0 Å². The lowest BCUT2D eigenvalue weighted by Gasteiger charge is -2.16. The lowest BCUT2D eigenvalue weighted by Crippen LogP contribution is -2.26. The zero-order chi connectivity index (χ0) is 14.0. The predicted molar refractivity (Wildman–Crippen MR) is 75.2 cm³/mol. The summed E-state index contributed by atoms with van der Waals surface area (Å²) in [5.74, 6) is 0. The van der Waals surface area contributed by atoms with Crippen LogP contribution in [0.4, 0.5) is 0 Å². The summed E-state index contributed by atoms with van der Waals surface area (Å²) >= 11 is 0. The molecule has 0 aliphatic carbocycles. The number of nitrogens with zero attached hydrogens (tertiary/aromatic N) is 2. The molecule has 1 aliphatic rings. The first-order chi connectivity index (χ1) is 8.89. The second kappa shape index (κ2) is 5.58. The summed E-state index contributed by atoms with van der Waals surface area (Å²) in [5, 5.41) is 0. The van der Waals surface area contributed by atoms with Crippen LogP contribution < -0.4 is 5.73 Å². The zero-order valence-corrected chi connectivity index (χ0v) is 12.2. The van der Waals surface area contributed by atoms with Crippen LogP contribution in [0.25, 0.3) is 0 Å². The maximum absolute atomic E-state index is 11.9. The van der Waals surface area contributed by atoms with Gasteiger partial charge in [-0.3, -0.25) is 4.90 Å². The maximum Gasteiger partial charge on any atom is 0.242 e. The van der Waals surface area contributed by atoms with Crippen molar-refractivity contribution in [2.75, 3.05) is 27.2 Å². The Hall–Kier alpha value is -0.950. The first-order valence-electron chi connectivity index (χ1n) is 6.39. The molecule has 6 heteroatoms. The molecule has 0 spiro atoms. The molecule has 0 aromatic heterocycles. The highest BCUT2D eigenvalue weighted by atomic mass is 32.2. The molecule has 5 nitrogen and oxygen atoms in total. The lowest BCUT2D eigenvalue weighted by molar-refractivity contribution is 0.327. The first-order valence-corrected chi connectivity index (χ1v) is 7.83. The smallest absolute Gasteiger partial charge is 0.242 e. The molecular formula is C13H21N3O2S. The summed E-state index contributed by atoms with van der Waals surface area (Å²) in [6.07, 6.45) is 1.03. The molecule has 1 aromatic carbocycles. The van der Waals surface area contributed by atoms with Crippen molar-refractivity contribution in [3.8, 4) is 0 Å². The van der Waals surface area contributed by atoms with Gasteiger partial charge in [0.25, 0.3) is 0 Å². The average Bonchev–Trinajstić information content (AvgIpc) is 2.75. The number of nitrogens with two attached hydrogens (primary N) is 1. The molecule has 1 heterocycles. The summed E-state index contributed by atoms with van der Waals surface area (Å²) in [4.78, 5) is 2.62. The fourth-order valence-corrected chi connectivity index (χ4v) is 3.14. The van der Waals surface area contributed by atoms with Crippen molar-refractivity contribution in [1.82, 2.24) is 9.21 Å². The van der Waals surface area contributed by atoms with Gasteiger partial charge in [-0.2, -0.15) is 0 Å². The molecule has 106 valence electrons. The third kappa shape index (κ3) is 3.33. The molecule has 19 heavy (non-hydrogen) atoms. The van der Waals surface area contributed by atoms with E-state index in [2.05, 4.69) is 4.90 Å².